The maximum Gasteiger partial charge on any atom is 0.252 e. The van der Waals surface area contributed by atoms with Crippen LogP contribution in [0.2, 0.25) is 0 Å². The molecule has 1 saturated heterocycles. The van der Waals surface area contributed by atoms with E-state index < -0.39 is 10.0 Å². The Morgan fingerprint density at radius 2 is 1.53 bits per heavy atom. The van der Waals surface area contributed by atoms with Crippen LogP contribution in [0.5, 0.6) is 0 Å². The zero-order valence-electron chi connectivity index (χ0n) is 18.9. The van der Waals surface area contributed by atoms with E-state index in [0.29, 0.717) is 31.7 Å². The van der Waals surface area contributed by atoms with Gasteiger partial charge in [0, 0.05) is 43.9 Å². The van der Waals surface area contributed by atoms with Gasteiger partial charge in [-0.2, -0.15) is 4.31 Å². The summed E-state index contributed by atoms with van der Waals surface area (Å²) >= 11 is 0. The number of sulfonamides is 1. The van der Waals surface area contributed by atoms with Crippen molar-refractivity contribution in [2.24, 2.45) is 0 Å². The third-order valence-corrected chi connectivity index (χ3v) is 7.55. The number of piperazine rings is 1. The first-order chi connectivity index (χ1) is 16.5. The second kappa shape index (κ2) is 11.1. The van der Waals surface area contributed by atoms with Crippen molar-refractivity contribution >= 4 is 15.9 Å². The largest absolute Gasteiger partial charge is 0.341 e. The van der Waals surface area contributed by atoms with Crippen LogP contribution in [-0.2, 0) is 16.6 Å². The molecule has 0 aromatic heterocycles. The Balaban J connectivity index is 1.35. The molecule has 34 heavy (non-hydrogen) atoms. The van der Waals surface area contributed by atoms with E-state index in [2.05, 4.69) is 34.2 Å². The topological polar surface area (TPSA) is 69.7 Å². The molecule has 1 N–H and O–H groups in total. The highest BCUT2D eigenvalue weighted by atomic mass is 32.2. The van der Waals surface area contributed by atoms with Gasteiger partial charge in [0.25, 0.3) is 5.91 Å². The maximum atomic E-state index is 13.2. The molecule has 0 spiro atoms. The molecule has 4 rings (SSSR count). The van der Waals surface area contributed by atoms with Crippen molar-refractivity contribution < 1.29 is 13.2 Å². The molecule has 0 radical (unpaired) electrons. The van der Waals surface area contributed by atoms with Crippen LogP contribution in [0, 0.1) is 11.8 Å². The van der Waals surface area contributed by atoms with E-state index in [0.717, 1.165) is 12.1 Å². The molecule has 1 aliphatic rings. The first kappa shape index (κ1) is 23.7. The van der Waals surface area contributed by atoms with Gasteiger partial charge < -0.3 is 5.32 Å². The molecule has 0 atom stereocenters. The van der Waals surface area contributed by atoms with E-state index in [4.69, 9.17) is 0 Å². The third-order valence-electron chi connectivity index (χ3n) is 5.66. The normalized spacial score (nSPS) is 14.7. The van der Waals surface area contributed by atoms with Gasteiger partial charge in [0.15, 0.2) is 0 Å². The van der Waals surface area contributed by atoms with Crippen molar-refractivity contribution in [1.82, 2.24) is 14.5 Å². The molecule has 1 amide bonds. The fraction of sp³-hybridized carbons (Fsp3) is 0.222. The minimum atomic E-state index is -3.68. The average molecular weight is 474 g/mol. The summed E-state index contributed by atoms with van der Waals surface area (Å²) in [6.45, 7) is 3.13. The molecule has 1 heterocycles. The van der Waals surface area contributed by atoms with Crippen LogP contribution >= 0.6 is 0 Å². The molecule has 0 saturated carbocycles. The summed E-state index contributed by atoms with van der Waals surface area (Å²) in [4.78, 5) is 14.9. The second-order valence-electron chi connectivity index (χ2n) is 8.04. The average Bonchev–Trinajstić information content (AvgIpc) is 2.88. The Morgan fingerprint density at radius 1 is 0.853 bits per heavy atom. The number of hydrogen-bond donors (Lipinski definition) is 1. The van der Waals surface area contributed by atoms with Crippen LogP contribution < -0.4 is 5.32 Å². The van der Waals surface area contributed by atoms with Crippen LogP contribution in [0.3, 0.4) is 0 Å². The van der Waals surface area contributed by atoms with Crippen LogP contribution in [0.1, 0.15) is 21.5 Å². The predicted octanol–water partition coefficient (Wildman–Crippen LogP) is 2.97. The number of carbonyl (C=O) groups excluding carboxylic acids is 1. The van der Waals surface area contributed by atoms with E-state index in [1.165, 1.54) is 22.0 Å². The Labute approximate surface area is 201 Å². The van der Waals surface area contributed by atoms with Crippen molar-refractivity contribution in [1.29, 1.82) is 0 Å². The Morgan fingerprint density at radius 3 is 2.24 bits per heavy atom. The Bertz CT molecular complexity index is 1270. The molecule has 6 nitrogen and oxygen atoms in total. The van der Waals surface area contributed by atoms with E-state index in [1.807, 2.05) is 48.5 Å². The van der Waals surface area contributed by atoms with E-state index in [-0.39, 0.29) is 17.3 Å². The summed E-state index contributed by atoms with van der Waals surface area (Å²) < 4.78 is 27.9. The highest BCUT2D eigenvalue weighted by Crippen LogP contribution is 2.19. The number of carbonyl (C=O) groups is 1. The lowest BCUT2D eigenvalue weighted by Gasteiger charge is -2.34. The van der Waals surface area contributed by atoms with Gasteiger partial charge in [-0.05, 0) is 35.9 Å². The van der Waals surface area contributed by atoms with Gasteiger partial charge in [0.05, 0.1) is 11.4 Å². The van der Waals surface area contributed by atoms with Crippen LogP contribution in [0.4, 0.5) is 0 Å². The highest BCUT2D eigenvalue weighted by Gasteiger charge is 2.29. The monoisotopic (exact) mass is 473 g/mol. The SMILES string of the molecule is O=C(NCC#Cc1ccccc1)c1cccc(S(=O)(=O)N2CCN(Cc3ccccc3)CC2)c1. The minimum Gasteiger partial charge on any atom is -0.341 e. The first-order valence-corrected chi connectivity index (χ1v) is 12.6. The standard InChI is InChI=1S/C27H27N3O3S/c31-27(28-16-8-13-23-9-3-1-4-10-23)25-14-7-15-26(21-25)34(32,33)30-19-17-29(18-20-30)22-24-11-5-2-6-12-24/h1-7,9-12,14-15,21H,16-20,22H2,(H,28,31). The summed E-state index contributed by atoms with van der Waals surface area (Å²) in [5.74, 6) is 5.53. The summed E-state index contributed by atoms with van der Waals surface area (Å²) in [6, 6.07) is 25.8. The lowest BCUT2D eigenvalue weighted by Crippen LogP contribution is -2.48. The number of amides is 1. The lowest BCUT2D eigenvalue weighted by atomic mass is 10.2. The van der Waals surface area contributed by atoms with Gasteiger partial charge in [-0.1, -0.05) is 66.4 Å². The zero-order valence-corrected chi connectivity index (χ0v) is 19.7. The van der Waals surface area contributed by atoms with Crippen LogP contribution in [-0.4, -0.2) is 56.3 Å². The minimum absolute atomic E-state index is 0.132. The highest BCUT2D eigenvalue weighted by molar-refractivity contribution is 7.89. The quantitative estimate of drug-likeness (QED) is 0.559. The smallest absolute Gasteiger partial charge is 0.252 e. The van der Waals surface area contributed by atoms with Crippen LogP contribution in [0.15, 0.2) is 89.8 Å². The molecular weight excluding hydrogens is 446 g/mol. The number of benzene rings is 3. The lowest BCUT2D eigenvalue weighted by molar-refractivity contribution is 0.0958. The molecule has 3 aromatic carbocycles. The van der Waals surface area contributed by atoms with Crippen LogP contribution in [0.25, 0.3) is 0 Å². The number of nitrogens with one attached hydrogen (secondary N) is 1. The van der Waals surface area contributed by atoms with Crippen molar-refractivity contribution in [3.8, 4) is 11.8 Å². The molecule has 174 valence electrons. The molecular formula is C27H27N3O3S. The molecule has 0 bridgehead atoms. The maximum absolute atomic E-state index is 13.2. The molecule has 0 aliphatic carbocycles. The molecule has 1 aliphatic heterocycles. The van der Waals surface area contributed by atoms with Gasteiger partial charge >= 0.3 is 0 Å². The fourth-order valence-electron chi connectivity index (χ4n) is 3.81. The predicted molar refractivity (Wildman–Crippen MR) is 133 cm³/mol. The van der Waals surface area contributed by atoms with E-state index in [9.17, 15) is 13.2 Å². The van der Waals surface area contributed by atoms with E-state index in [1.54, 1.807) is 12.1 Å². The van der Waals surface area contributed by atoms with Crippen molar-refractivity contribution in [3.05, 3.63) is 102 Å². The molecule has 3 aromatic rings. The Kier molecular flexibility index (Phi) is 7.76. The van der Waals surface area contributed by atoms with Crippen molar-refractivity contribution in [2.75, 3.05) is 32.7 Å². The van der Waals surface area contributed by atoms with Gasteiger partial charge in [-0.3, -0.25) is 9.69 Å². The van der Waals surface area contributed by atoms with Crippen molar-refractivity contribution in [2.45, 2.75) is 11.4 Å². The summed E-state index contributed by atoms with van der Waals surface area (Å²) in [6.07, 6.45) is 0. The second-order valence-corrected chi connectivity index (χ2v) is 9.98. The van der Waals surface area contributed by atoms with Gasteiger partial charge in [-0.15, -0.1) is 0 Å². The van der Waals surface area contributed by atoms with Crippen molar-refractivity contribution in [3.63, 3.8) is 0 Å². The van der Waals surface area contributed by atoms with E-state index >= 15 is 0 Å². The van der Waals surface area contributed by atoms with Gasteiger partial charge in [0.2, 0.25) is 10.0 Å². The number of rotatable bonds is 6. The zero-order chi connectivity index (χ0) is 23.8. The number of nitrogens with zero attached hydrogens (tertiary/aromatic N) is 2. The number of hydrogen-bond acceptors (Lipinski definition) is 4. The summed E-state index contributed by atoms with van der Waals surface area (Å²) in [5, 5.41) is 2.73. The third kappa shape index (κ3) is 6.12. The Hall–Kier alpha value is -3.44. The van der Waals surface area contributed by atoms with Gasteiger partial charge in [-0.25, -0.2) is 8.42 Å². The molecule has 1 fully saturated rings. The first-order valence-electron chi connectivity index (χ1n) is 11.2. The molecule has 0 unspecified atom stereocenters. The molecule has 7 heteroatoms. The fourth-order valence-corrected chi connectivity index (χ4v) is 5.28. The van der Waals surface area contributed by atoms with Gasteiger partial charge in [0.1, 0.15) is 0 Å². The summed E-state index contributed by atoms with van der Waals surface area (Å²) in [7, 11) is -3.68. The summed E-state index contributed by atoms with van der Waals surface area (Å²) in [5.41, 5.74) is 2.38.